The summed E-state index contributed by atoms with van der Waals surface area (Å²) >= 11 is 0. The minimum absolute atomic E-state index is 0.0986. The molecule has 0 radical (unpaired) electrons. The lowest BCUT2D eigenvalue weighted by molar-refractivity contribution is 0.246. The molecular weight excluding hydrogens is 263 g/mol. The van der Waals surface area contributed by atoms with Crippen LogP contribution in [-0.4, -0.2) is 31.1 Å². The van der Waals surface area contributed by atoms with Gasteiger partial charge in [-0.2, -0.15) is 0 Å². The van der Waals surface area contributed by atoms with E-state index in [1.54, 1.807) is 6.07 Å². The number of aryl methyl sites for hydroxylation is 1. The molecule has 0 unspecified atom stereocenters. The molecule has 2 aromatic rings. The highest BCUT2D eigenvalue weighted by Gasteiger charge is 2.18. The Morgan fingerprint density at radius 3 is 2.24 bits per heavy atom. The second-order valence-electron chi connectivity index (χ2n) is 5.69. The number of anilines is 1. The van der Waals surface area contributed by atoms with Crippen molar-refractivity contribution in [1.82, 2.24) is 4.90 Å². The monoisotopic (exact) mass is 284 g/mol. The molecule has 2 aromatic carbocycles. The summed E-state index contributed by atoms with van der Waals surface area (Å²) in [5.41, 5.74) is 3.37. The third kappa shape index (κ3) is 3.42. The van der Waals surface area contributed by atoms with Crippen LogP contribution < -0.4 is 4.90 Å². The normalized spacial score (nSPS) is 16.2. The zero-order valence-electron chi connectivity index (χ0n) is 12.4. The first kappa shape index (κ1) is 14.1. The van der Waals surface area contributed by atoms with Crippen LogP contribution >= 0.6 is 0 Å². The van der Waals surface area contributed by atoms with Crippen LogP contribution in [0.5, 0.6) is 0 Å². The molecule has 0 spiro atoms. The molecule has 1 saturated heterocycles. The van der Waals surface area contributed by atoms with Crippen molar-refractivity contribution in [3.63, 3.8) is 0 Å². The van der Waals surface area contributed by atoms with Crippen LogP contribution in [0.3, 0.4) is 0 Å². The molecule has 110 valence electrons. The van der Waals surface area contributed by atoms with Gasteiger partial charge in [0, 0.05) is 44.0 Å². The number of halogens is 1. The molecule has 0 aliphatic carbocycles. The van der Waals surface area contributed by atoms with E-state index < -0.39 is 0 Å². The van der Waals surface area contributed by atoms with E-state index in [0.717, 1.165) is 31.7 Å². The highest BCUT2D eigenvalue weighted by molar-refractivity contribution is 5.47. The Labute approximate surface area is 125 Å². The lowest BCUT2D eigenvalue weighted by Crippen LogP contribution is -2.46. The maximum Gasteiger partial charge on any atom is 0.127 e. The Balaban J connectivity index is 1.58. The molecule has 0 amide bonds. The molecule has 0 N–H and O–H groups in total. The van der Waals surface area contributed by atoms with E-state index in [-0.39, 0.29) is 5.82 Å². The van der Waals surface area contributed by atoms with Gasteiger partial charge in [0.15, 0.2) is 0 Å². The summed E-state index contributed by atoms with van der Waals surface area (Å²) in [5.74, 6) is -0.0986. The van der Waals surface area contributed by atoms with Crippen LogP contribution in [0.15, 0.2) is 48.5 Å². The highest BCUT2D eigenvalue weighted by Crippen LogP contribution is 2.18. The first-order chi connectivity index (χ1) is 10.2. The van der Waals surface area contributed by atoms with Gasteiger partial charge in [0.1, 0.15) is 5.82 Å². The van der Waals surface area contributed by atoms with Crippen molar-refractivity contribution in [3.8, 4) is 0 Å². The van der Waals surface area contributed by atoms with Crippen molar-refractivity contribution in [3.05, 3.63) is 65.5 Å². The fourth-order valence-corrected chi connectivity index (χ4v) is 2.79. The number of rotatable bonds is 3. The maximum absolute atomic E-state index is 13.7. The predicted octanol–water partition coefficient (Wildman–Crippen LogP) is 3.46. The number of hydrogen-bond acceptors (Lipinski definition) is 2. The van der Waals surface area contributed by atoms with Gasteiger partial charge in [0.2, 0.25) is 0 Å². The summed E-state index contributed by atoms with van der Waals surface area (Å²) in [6.45, 7) is 6.75. The summed E-state index contributed by atoms with van der Waals surface area (Å²) in [6, 6.07) is 15.7. The molecule has 3 rings (SSSR count). The predicted molar refractivity (Wildman–Crippen MR) is 85.1 cm³/mol. The van der Waals surface area contributed by atoms with E-state index >= 15 is 0 Å². The van der Waals surface area contributed by atoms with Crippen molar-refractivity contribution in [2.75, 3.05) is 31.1 Å². The minimum atomic E-state index is -0.0986. The Hall–Kier alpha value is -1.87. The van der Waals surface area contributed by atoms with E-state index in [0.29, 0.717) is 6.54 Å². The summed E-state index contributed by atoms with van der Waals surface area (Å²) < 4.78 is 13.7. The Bertz CT molecular complexity index is 586. The maximum atomic E-state index is 13.7. The topological polar surface area (TPSA) is 6.48 Å². The van der Waals surface area contributed by atoms with E-state index in [2.05, 4.69) is 41.0 Å². The van der Waals surface area contributed by atoms with Gasteiger partial charge in [-0.05, 0) is 25.1 Å². The van der Waals surface area contributed by atoms with Crippen molar-refractivity contribution < 1.29 is 4.39 Å². The highest BCUT2D eigenvalue weighted by atomic mass is 19.1. The minimum Gasteiger partial charge on any atom is -0.369 e. The second kappa shape index (κ2) is 6.27. The van der Waals surface area contributed by atoms with Gasteiger partial charge in [-0.25, -0.2) is 4.39 Å². The fourth-order valence-electron chi connectivity index (χ4n) is 2.79. The SMILES string of the molecule is Cc1ccc(N2CCN(Cc3ccccc3F)CC2)cc1. The summed E-state index contributed by atoms with van der Waals surface area (Å²) in [4.78, 5) is 4.72. The lowest BCUT2D eigenvalue weighted by Gasteiger charge is -2.36. The number of benzene rings is 2. The van der Waals surface area contributed by atoms with Gasteiger partial charge in [-0.3, -0.25) is 4.90 Å². The van der Waals surface area contributed by atoms with Gasteiger partial charge >= 0.3 is 0 Å². The molecule has 1 heterocycles. The van der Waals surface area contributed by atoms with Crippen LogP contribution in [0.4, 0.5) is 10.1 Å². The van der Waals surface area contributed by atoms with Crippen molar-refractivity contribution in [1.29, 1.82) is 0 Å². The number of nitrogens with zero attached hydrogens (tertiary/aromatic N) is 2. The Kier molecular flexibility index (Phi) is 4.20. The standard InChI is InChI=1S/C18H21FN2/c1-15-6-8-17(9-7-15)21-12-10-20(11-13-21)14-16-4-2-3-5-18(16)19/h2-9H,10-14H2,1H3. The smallest absolute Gasteiger partial charge is 0.127 e. The molecule has 2 nitrogen and oxygen atoms in total. The number of hydrogen-bond donors (Lipinski definition) is 0. The van der Waals surface area contributed by atoms with Gasteiger partial charge in [-0.1, -0.05) is 35.9 Å². The fraction of sp³-hybridized carbons (Fsp3) is 0.333. The molecule has 0 aromatic heterocycles. The summed E-state index contributed by atoms with van der Waals surface area (Å²) in [6.07, 6.45) is 0. The van der Waals surface area contributed by atoms with Gasteiger partial charge < -0.3 is 4.90 Å². The van der Waals surface area contributed by atoms with Gasteiger partial charge in [0.05, 0.1) is 0 Å². The molecule has 21 heavy (non-hydrogen) atoms. The Morgan fingerprint density at radius 2 is 1.57 bits per heavy atom. The van der Waals surface area contributed by atoms with E-state index in [1.807, 2.05) is 12.1 Å². The van der Waals surface area contributed by atoms with E-state index in [1.165, 1.54) is 17.3 Å². The summed E-state index contributed by atoms with van der Waals surface area (Å²) in [5, 5.41) is 0. The van der Waals surface area contributed by atoms with Crippen LogP contribution in [0.25, 0.3) is 0 Å². The molecule has 1 fully saturated rings. The van der Waals surface area contributed by atoms with Crippen LogP contribution in [0, 0.1) is 12.7 Å². The second-order valence-corrected chi connectivity index (χ2v) is 5.69. The molecule has 0 saturated carbocycles. The molecule has 1 aliphatic rings. The van der Waals surface area contributed by atoms with Crippen LogP contribution in [0.2, 0.25) is 0 Å². The third-order valence-corrected chi connectivity index (χ3v) is 4.12. The van der Waals surface area contributed by atoms with E-state index in [4.69, 9.17) is 0 Å². The Morgan fingerprint density at radius 1 is 0.905 bits per heavy atom. The largest absolute Gasteiger partial charge is 0.369 e. The molecule has 0 atom stereocenters. The van der Waals surface area contributed by atoms with Crippen molar-refractivity contribution in [2.24, 2.45) is 0 Å². The molecule has 3 heteroatoms. The average Bonchev–Trinajstić information content (AvgIpc) is 2.51. The third-order valence-electron chi connectivity index (χ3n) is 4.12. The summed E-state index contributed by atoms with van der Waals surface area (Å²) in [7, 11) is 0. The zero-order chi connectivity index (χ0) is 14.7. The lowest BCUT2D eigenvalue weighted by atomic mass is 10.1. The van der Waals surface area contributed by atoms with Crippen molar-refractivity contribution >= 4 is 5.69 Å². The quantitative estimate of drug-likeness (QED) is 0.851. The average molecular weight is 284 g/mol. The molecule has 1 aliphatic heterocycles. The molecular formula is C18H21FN2. The van der Waals surface area contributed by atoms with Crippen LogP contribution in [0.1, 0.15) is 11.1 Å². The van der Waals surface area contributed by atoms with Gasteiger partial charge in [-0.15, -0.1) is 0 Å². The van der Waals surface area contributed by atoms with Gasteiger partial charge in [0.25, 0.3) is 0 Å². The number of piperazine rings is 1. The first-order valence-corrected chi connectivity index (χ1v) is 7.50. The first-order valence-electron chi connectivity index (χ1n) is 7.50. The van der Waals surface area contributed by atoms with Crippen LogP contribution in [-0.2, 0) is 6.54 Å². The zero-order valence-corrected chi connectivity index (χ0v) is 12.4. The molecule has 0 bridgehead atoms. The van der Waals surface area contributed by atoms with E-state index in [9.17, 15) is 4.39 Å². The van der Waals surface area contributed by atoms with Crippen molar-refractivity contribution in [2.45, 2.75) is 13.5 Å².